The predicted octanol–water partition coefficient (Wildman–Crippen LogP) is 1.73. The van der Waals surface area contributed by atoms with E-state index in [-0.39, 0.29) is 5.69 Å². The summed E-state index contributed by atoms with van der Waals surface area (Å²) in [5.74, 6) is 0. The topological polar surface area (TPSA) is 89.1 Å². The van der Waals surface area contributed by atoms with Gasteiger partial charge in [-0.1, -0.05) is 0 Å². The van der Waals surface area contributed by atoms with Crippen LogP contribution in [0.4, 0.5) is 5.69 Å². The first-order valence-corrected chi connectivity index (χ1v) is 4.98. The number of hydrogen-bond acceptors (Lipinski definition) is 5. The number of nitrogens with zero attached hydrogens (tertiary/aromatic N) is 4. The number of aromatic nitrogens is 3. The molecule has 0 bridgehead atoms. The van der Waals surface area contributed by atoms with Crippen LogP contribution in [0, 0.1) is 14.9 Å². The summed E-state index contributed by atoms with van der Waals surface area (Å²) in [6.45, 7) is 0. The maximum atomic E-state index is 10.4. The standard InChI is InChI=1S/C9H7N5O2S/c15-14(16)8-3-1-7(2-4-8)5-11-13-6-10-12-9(13)17/h1-6H,(H,12,17)/b11-5+. The van der Waals surface area contributed by atoms with Gasteiger partial charge in [0.05, 0.1) is 11.1 Å². The molecule has 0 unspecified atom stereocenters. The number of aromatic amines is 1. The largest absolute Gasteiger partial charge is 0.269 e. The van der Waals surface area contributed by atoms with Crippen molar-refractivity contribution in [1.82, 2.24) is 14.9 Å². The van der Waals surface area contributed by atoms with E-state index in [2.05, 4.69) is 15.3 Å². The summed E-state index contributed by atoms with van der Waals surface area (Å²) in [6.07, 6.45) is 2.97. The summed E-state index contributed by atoms with van der Waals surface area (Å²) in [5.41, 5.74) is 0.778. The molecule has 1 aromatic heterocycles. The van der Waals surface area contributed by atoms with Gasteiger partial charge >= 0.3 is 0 Å². The van der Waals surface area contributed by atoms with Gasteiger partial charge in [0, 0.05) is 12.1 Å². The van der Waals surface area contributed by atoms with Crippen molar-refractivity contribution in [3.05, 3.63) is 51.0 Å². The molecule has 0 amide bonds. The molecule has 0 aliphatic rings. The zero-order valence-electron chi connectivity index (χ0n) is 8.48. The van der Waals surface area contributed by atoms with E-state index in [4.69, 9.17) is 12.2 Å². The Hall–Kier alpha value is -2.35. The van der Waals surface area contributed by atoms with Crippen LogP contribution in [0.2, 0.25) is 0 Å². The summed E-state index contributed by atoms with van der Waals surface area (Å²) < 4.78 is 1.76. The molecule has 0 aliphatic heterocycles. The minimum atomic E-state index is -0.451. The highest BCUT2D eigenvalue weighted by atomic mass is 32.1. The highest BCUT2D eigenvalue weighted by Crippen LogP contribution is 2.10. The van der Waals surface area contributed by atoms with Crippen LogP contribution in [-0.2, 0) is 0 Å². The van der Waals surface area contributed by atoms with E-state index in [1.807, 2.05) is 0 Å². The molecule has 8 heteroatoms. The number of rotatable bonds is 3. The van der Waals surface area contributed by atoms with Crippen molar-refractivity contribution in [1.29, 1.82) is 0 Å². The molecule has 2 rings (SSSR count). The minimum Gasteiger partial charge on any atom is -0.258 e. The lowest BCUT2D eigenvalue weighted by Gasteiger charge is -1.93. The van der Waals surface area contributed by atoms with Crippen molar-refractivity contribution in [2.24, 2.45) is 5.10 Å². The van der Waals surface area contributed by atoms with E-state index < -0.39 is 4.92 Å². The number of benzene rings is 1. The smallest absolute Gasteiger partial charge is 0.258 e. The molecule has 0 saturated heterocycles. The molecule has 0 saturated carbocycles. The van der Waals surface area contributed by atoms with E-state index >= 15 is 0 Å². The normalized spacial score (nSPS) is 10.8. The van der Waals surface area contributed by atoms with Gasteiger partial charge in [0.15, 0.2) is 0 Å². The summed E-state index contributed by atoms with van der Waals surface area (Å²) in [5, 5.41) is 20.7. The summed E-state index contributed by atoms with van der Waals surface area (Å²) in [4.78, 5) is 9.99. The lowest BCUT2D eigenvalue weighted by molar-refractivity contribution is -0.384. The van der Waals surface area contributed by atoms with Gasteiger partial charge in [-0.05, 0) is 29.9 Å². The molecule has 7 nitrogen and oxygen atoms in total. The molecule has 0 atom stereocenters. The molecule has 2 aromatic rings. The van der Waals surface area contributed by atoms with Crippen LogP contribution >= 0.6 is 12.2 Å². The number of nitro groups is 1. The average Bonchev–Trinajstić information content (AvgIpc) is 2.73. The van der Waals surface area contributed by atoms with Gasteiger partial charge in [-0.25, -0.2) is 0 Å². The fourth-order valence-electron chi connectivity index (χ4n) is 1.14. The minimum absolute atomic E-state index is 0.0436. The zero-order valence-corrected chi connectivity index (χ0v) is 9.29. The van der Waals surface area contributed by atoms with E-state index in [9.17, 15) is 10.1 Å². The first-order valence-electron chi connectivity index (χ1n) is 4.57. The van der Waals surface area contributed by atoms with Gasteiger partial charge in [0.25, 0.3) is 5.69 Å². The van der Waals surface area contributed by atoms with E-state index in [1.165, 1.54) is 29.4 Å². The Balaban J connectivity index is 2.20. The maximum absolute atomic E-state index is 10.4. The van der Waals surface area contributed by atoms with Gasteiger partial charge in [0.2, 0.25) is 4.77 Å². The van der Waals surface area contributed by atoms with Crippen LogP contribution in [0.1, 0.15) is 5.56 Å². The molecule has 1 heterocycles. The fourth-order valence-corrected chi connectivity index (χ4v) is 1.28. The Kier molecular flexibility index (Phi) is 3.06. The Bertz CT molecular complexity index is 613. The number of non-ortho nitro benzene ring substituents is 1. The van der Waals surface area contributed by atoms with Gasteiger partial charge in [0.1, 0.15) is 6.33 Å². The molecule has 1 aromatic carbocycles. The Labute approximate surface area is 101 Å². The molecule has 17 heavy (non-hydrogen) atoms. The molecule has 1 N–H and O–H groups in total. The molecule has 0 aliphatic carbocycles. The van der Waals surface area contributed by atoms with Gasteiger partial charge in [-0.2, -0.15) is 14.9 Å². The van der Waals surface area contributed by atoms with Crippen molar-refractivity contribution in [2.75, 3.05) is 0 Å². The lowest BCUT2D eigenvalue weighted by Crippen LogP contribution is -1.91. The van der Waals surface area contributed by atoms with Crippen LogP contribution in [-0.4, -0.2) is 26.0 Å². The first-order chi connectivity index (χ1) is 8.16. The Morgan fingerprint density at radius 1 is 1.47 bits per heavy atom. The van der Waals surface area contributed by atoms with Crippen LogP contribution in [0.15, 0.2) is 35.7 Å². The third kappa shape index (κ3) is 2.61. The molecule has 0 fully saturated rings. The first kappa shape index (κ1) is 11.1. The zero-order chi connectivity index (χ0) is 12.3. The maximum Gasteiger partial charge on any atom is 0.269 e. The van der Waals surface area contributed by atoms with Crippen LogP contribution in [0.3, 0.4) is 0 Å². The Morgan fingerprint density at radius 3 is 2.71 bits per heavy atom. The van der Waals surface area contributed by atoms with Gasteiger partial charge < -0.3 is 0 Å². The second-order valence-electron chi connectivity index (χ2n) is 3.10. The van der Waals surface area contributed by atoms with E-state index in [1.54, 1.807) is 12.1 Å². The van der Waals surface area contributed by atoms with Crippen molar-refractivity contribution in [2.45, 2.75) is 0 Å². The van der Waals surface area contributed by atoms with Crippen molar-refractivity contribution in [3.8, 4) is 0 Å². The quantitative estimate of drug-likeness (QED) is 0.388. The van der Waals surface area contributed by atoms with E-state index in [0.717, 1.165) is 5.56 Å². The van der Waals surface area contributed by atoms with Gasteiger partial charge in [-0.3, -0.25) is 15.2 Å². The second-order valence-corrected chi connectivity index (χ2v) is 3.49. The summed E-state index contributed by atoms with van der Waals surface area (Å²) >= 11 is 4.90. The Morgan fingerprint density at radius 2 is 2.18 bits per heavy atom. The third-order valence-corrected chi connectivity index (χ3v) is 2.25. The lowest BCUT2D eigenvalue weighted by atomic mass is 10.2. The number of H-pyrrole nitrogens is 1. The number of hydrogen-bond donors (Lipinski definition) is 1. The van der Waals surface area contributed by atoms with Crippen LogP contribution in [0.5, 0.6) is 0 Å². The number of nitro benzene ring substituents is 1. The molecule has 0 spiro atoms. The fraction of sp³-hybridized carbons (Fsp3) is 0. The van der Waals surface area contributed by atoms with Crippen molar-refractivity contribution >= 4 is 24.1 Å². The van der Waals surface area contributed by atoms with Crippen molar-refractivity contribution in [3.63, 3.8) is 0 Å². The SMILES string of the molecule is O=[N+]([O-])c1ccc(/C=N/n2cn[nH]c2=S)cc1. The second kappa shape index (κ2) is 4.66. The highest BCUT2D eigenvalue weighted by Gasteiger charge is 2.02. The van der Waals surface area contributed by atoms with Crippen LogP contribution in [0.25, 0.3) is 0 Å². The average molecular weight is 249 g/mol. The molecule has 86 valence electrons. The third-order valence-electron chi connectivity index (χ3n) is 1.97. The van der Waals surface area contributed by atoms with Gasteiger partial charge in [-0.15, -0.1) is 0 Å². The monoisotopic (exact) mass is 249 g/mol. The predicted molar refractivity (Wildman–Crippen MR) is 63.5 cm³/mol. The summed E-state index contributed by atoms with van der Waals surface area (Å²) in [6, 6.07) is 6.03. The molecular weight excluding hydrogens is 242 g/mol. The van der Waals surface area contributed by atoms with Crippen molar-refractivity contribution < 1.29 is 4.92 Å². The van der Waals surface area contributed by atoms with Crippen LogP contribution < -0.4 is 0 Å². The summed E-state index contributed by atoms with van der Waals surface area (Å²) in [7, 11) is 0. The highest BCUT2D eigenvalue weighted by molar-refractivity contribution is 7.71. The number of nitrogens with one attached hydrogen (secondary N) is 1. The molecule has 0 radical (unpaired) electrons. The van der Waals surface area contributed by atoms with E-state index in [0.29, 0.717) is 4.77 Å². The molecular formula is C9H7N5O2S.